The fraction of sp³-hybridized carbons (Fsp3) is 0.400. The fourth-order valence-electron chi connectivity index (χ4n) is 2.95. The van der Waals surface area contributed by atoms with E-state index in [1.54, 1.807) is 6.07 Å². The Balaban J connectivity index is 2.04. The van der Waals surface area contributed by atoms with E-state index in [9.17, 15) is 8.78 Å². The first-order valence-corrected chi connectivity index (χ1v) is 7.03. The summed E-state index contributed by atoms with van der Waals surface area (Å²) in [7, 11) is 0. The van der Waals surface area contributed by atoms with Crippen LogP contribution in [0.3, 0.4) is 0 Å². The Morgan fingerprint density at radius 2 is 2.00 bits per heavy atom. The Labute approximate surface area is 121 Å². The van der Waals surface area contributed by atoms with Crippen molar-refractivity contribution in [2.75, 3.05) is 5.43 Å². The third kappa shape index (κ3) is 2.90. The number of hydrogen-bond acceptors (Lipinski definition) is 4. The Kier molecular flexibility index (Phi) is 3.88. The highest BCUT2D eigenvalue weighted by atomic mass is 19.3. The van der Waals surface area contributed by atoms with Crippen LogP contribution in [0.15, 0.2) is 24.3 Å². The molecule has 21 heavy (non-hydrogen) atoms. The number of nitrogens with zero attached hydrogens (tertiary/aromatic N) is 1. The first kappa shape index (κ1) is 14.0. The molecule has 1 aliphatic rings. The lowest BCUT2D eigenvalue weighted by Crippen LogP contribution is -2.09. The van der Waals surface area contributed by atoms with Gasteiger partial charge in [-0.05, 0) is 37.1 Å². The number of fused-ring (bicyclic) bond motifs is 1. The van der Waals surface area contributed by atoms with Gasteiger partial charge in [0.2, 0.25) is 0 Å². The first-order valence-electron chi connectivity index (χ1n) is 7.03. The van der Waals surface area contributed by atoms with E-state index in [0.29, 0.717) is 17.0 Å². The van der Waals surface area contributed by atoms with Gasteiger partial charge >= 0.3 is 6.61 Å². The molecule has 0 amide bonds. The maximum absolute atomic E-state index is 12.3. The SMILES string of the molecule is NNc1cc(C2CCCC2)nc2ccc(OC(F)F)cc12. The molecule has 0 bridgehead atoms. The van der Waals surface area contributed by atoms with E-state index in [1.165, 1.54) is 25.0 Å². The molecule has 1 aliphatic carbocycles. The molecule has 4 nitrogen and oxygen atoms in total. The van der Waals surface area contributed by atoms with Crippen LogP contribution in [-0.2, 0) is 0 Å². The molecular formula is C15H17F2N3O. The van der Waals surface area contributed by atoms with Crippen molar-refractivity contribution in [1.29, 1.82) is 0 Å². The van der Waals surface area contributed by atoms with Crippen LogP contribution in [0.2, 0.25) is 0 Å². The molecule has 3 N–H and O–H groups in total. The van der Waals surface area contributed by atoms with Gasteiger partial charge in [-0.3, -0.25) is 10.8 Å². The molecule has 1 fully saturated rings. The minimum Gasteiger partial charge on any atom is -0.435 e. The normalized spacial score (nSPS) is 15.8. The maximum atomic E-state index is 12.3. The summed E-state index contributed by atoms with van der Waals surface area (Å²) in [5.41, 5.74) is 5.05. The van der Waals surface area contributed by atoms with Crippen LogP contribution in [-0.4, -0.2) is 11.6 Å². The van der Waals surface area contributed by atoms with Crippen molar-refractivity contribution in [3.63, 3.8) is 0 Å². The number of pyridine rings is 1. The Morgan fingerprint density at radius 1 is 1.24 bits per heavy atom. The van der Waals surface area contributed by atoms with E-state index in [0.717, 1.165) is 24.1 Å². The van der Waals surface area contributed by atoms with E-state index in [4.69, 9.17) is 5.84 Å². The van der Waals surface area contributed by atoms with Crippen LogP contribution in [0.25, 0.3) is 10.9 Å². The van der Waals surface area contributed by atoms with Crippen LogP contribution >= 0.6 is 0 Å². The van der Waals surface area contributed by atoms with Crippen molar-refractivity contribution in [1.82, 2.24) is 4.98 Å². The highest BCUT2D eigenvalue weighted by molar-refractivity contribution is 5.92. The second kappa shape index (κ2) is 5.81. The second-order valence-electron chi connectivity index (χ2n) is 5.28. The van der Waals surface area contributed by atoms with Gasteiger partial charge in [0.1, 0.15) is 5.75 Å². The maximum Gasteiger partial charge on any atom is 0.387 e. The van der Waals surface area contributed by atoms with Crippen molar-refractivity contribution < 1.29 is 13.5 Å². The van der Waals surface area contributed by atoms with E-state index in [-0.39, 0.29) is 5.75 Å². The van der Waals surface area contributed by atoms with Gasteiger partial charge in [0, 0.05) is 17.0 Å². The fourth-order valence-corrected chi connectivity index (χ4v) is 2.95. The number of rotatable bonds is 4. The number of nitrogens with two attached hydrogens (primary N) is 1. The Morgan fingerprint density at radius 3 is 2.67 bits per heavy atom. The lowest BCUT2D eigenvalue weighted by atomic mass is 10.0. The molecule has 6 heteroatoms. The molecule has 112 valence electrons. The predicted octanol–water partition coefficient (Wildman–Crippen LogP) is 3.78. The highest BCUT2D eigenvalue weighted by Crippen LogP contribution is 2.36. The van der Waals surface area contributed by atoms with Gasteiger partial charge in [0.05, 0.1) is 11.2 Å². The van der Waals surface area contributed by atoms with Crippen LogP contribution in [0.5, 0.6) is 5.75 Å². The average Bonchev–Trinajstić information content (AvgIpc) is 2.99. The first-order chi connectivity index (χ1) is 10.2. The van der Waals surface area contributed by atoms with Gasteiger partial charge in [-0.2, -0.15) is 8.78 Å². The third-order valence-corrected chi connectivity index (χ3v) is 3.95. The minimum atomic E-state index is -2.84. The number of alkyl halides is 2. The van der Waals surface area contributed by atoms with Crippen LogP contribution in [0, 0.1) is 0 Å². The highest BCUT2D eigenvalue weighted by Gasteiger charge is 2.20. The van der Waals surface area contributed by atoms with Gasteiger partial charge in [-0.25, -0.2) is 0 Å². The van der Waals surface area contributed by atoms with Gasteiger partial charge in [0.25, 0.3) is 0 Å². The quantitative estimate of drug-likeness (QED) is 0.665. The van der Waals surface area contributed by atoms with Crippen molar-refractivity contribution in [2.45, 2.75) is 38.2 Å². The van der Waals surface area contributed by atoms with Gasteiger partial charge in [-0.1, -0.05) is 12.8 Å². The summed E-state index contributed by atoms with van der Waals surface area (Å²) in [5.74, 6) is 6.13. The molecule has 1 heterocycles. The molecule has 1 saturated carbocycles. The molecule has 1 aromatic carbocycles. The zero-order chi connectivity index (χ0) is 14.8. The zero-order valence-electron chi connectivity index (χ0n) is 11.5. The number of ether oxygens (including phenoxy) is 1. The summed E-state index contributed by atoms with van der Waals surface area (Å²) in [6, 6.07) is 6.62. The summed E-state index contributed by atoms with van der Waals surface area (Å²) in [6.45, 7) is -2.84. The molecule has 1 aromatic heterocycles. The standard InChI is InChI=1S/C15H17F2N3O/c16-15(17)21-10-5-6-12-11(7-10)14(20-18)8-13(19-12)9-3-1-2-4-9/h5-9,15H,1-4,18H2,(H,19,20). The molecule has 0 atom stereocenters. The number of hydrogen-bond donors (Lipinski definition) is 2. The van der Waals surface area contributed by atoms with Gasteiger partial charge in [-0.15, -0.1) is 0 Å². The summed E-state index contributed by atoms with van der Waals surface area (Å²) >= 11 is 0. The van der Waals surface area contributed by atoms with Crippen molar-refractivity contribution in [3.8, 4) is 5.75 Å². The number of anilines is 1. The number of benzene rings is 1. The van der Waals surface area contributed by atoms with Gasteiger partial charge in [0.15, 0.2) is 0 Å². The smallest absolute Gasteiger partial charge is 0.387 e. The van der Waals surface area contributed by atoms with Crippen LogP contribution < -0.4 is 16.0 Å². The number of aromatic nitrogens is 1. The number of nitrogens with one attached hydrogen (secondary N) is 1. The molecule has 2 aromatic rings. The molecule has 0 saturated heterocycles. The van der Waals surface area contributed by atoms with E-state index in [2.05, 4.69) is 15.1 Å². The average molecular weight is 293 g/mol. The lowest BCUT2D eigenvalue weighted by molar-refractivity contribution is -0.0497. The van der Waals surface area contributed by atoms with Crippen LogP contribution in [0.4, 0.5) is 14.5 Å². The van der Waals surface area contributed by atoms with Crippen LogP contribution in [0.1, 0.15) is 37.3 Å². The Hall–Kier alpha value is -1.95. The van der Waals surface area contributed by atoms with Crippen molar-refractivity contribution in [2.24, 2.45) is 5.84 Å². The number of halogens is 2. The molecule has 3 rings (SSSR count). The lowest BCUT2D eigenvalue weighted by Gasteiger charge is -2.14. The molecular weight excluding hydrogens is 276 g/mol. The topological polar surface area (TPSA) is 60.2 Å². The van der Waals surface area contributed by atoms with Gasteiger partial charge < -0.3 is 10.2 Å². The summed E-state index contributed by atoms with van der Waals surface area (Å²) in [4.78, 5) is 4.65. The number of nitrogen functional groups attached to an aromatic ring is 1. The van der Waals surface area contributed by atoms with E-state index >= 15 is 0 Å². The summed E-state index contributed by atoms with van der Waals surface area (Å²) in [6.07, 6.45) is 4.71. The second-order valence-corrected chi connectivity index (χ2v) is 5.28. The predicted molar refractivity (Wildman–Crippen MR) is 77.4 cm³/mol. The summed E-state index contributed by atoms with van der Waals surface area (Å²) < 4.78 is 29.0. The molecule has 0 radical (unpaired) electrons. The number of hydrazine groups is 1. The minimum absolute atomic E-state index is 0.101. The zero-order valence-corrected chi connectivity index (χ0v) is 11.5. The Bertz CT molecular complexity index is 642. The van der Waals surface area contributed by atoms with E-state index < -0.39 is 6.61 Å². The molecule has 0 aliphatic heterocycles. The van der Waals surface area contributed by atoms with E-state index in [1.807, 2.05) is 6.07 Å². The molecule has 0 unspecified atom stereocenters. The summed E-state index contributed by atoms with van der Waals surface area (Å²) in [5, 5.41) is 0.678. The largest absolute Gasteiger partial charge is 0.435 e. The van der Waals surface area contributed by atoms with Crippen molar-refractivity contribution >= 4 is 16.6 Å². The molecule has 0 spiro atoms. The van der Waals surface area contributed by atoms with Crippen molar-refractivity contribution in [3.05, 3.63) is 30.0 Å². The third-order valence-electron chi connectivity index (χ3n) is 3.95. The monoisotopic (exact) mass is 293 g/mol.